The molecule has 6 nitrogen and oxygen atoms in total. The van der Waals surface area contributed by atoms with E-state index < -0.39 is 5.82 Å². The van der Waals surface area contributed by atoms with Crippen LogP contribution in [-0.2, 0) is 4.79 Å². The van der Waals surface area contributed by atoms with Gasteiger partial charge in [-0.15, -0.1) is 11.3 Å². The Morgan fingerprint density at radius 3 is 2.50 bits per heavy atom. The number of carbonyl (C=O) groups is 2. The largest absolute Gasteiger partial charge is 0.336 e. The predicted octanol–water partition coefficient (Wildman–Crippen LogP) is 3.34. The number of aryl methyl sites for hydroxylation is 2. The maximum Gasteiger partial charge on any atom is 0.255 e. The summed E-state index contributed by atoms with van der Waals surface area (Å²) in [5.74, 6) is -0.817. The molecule has 1 saturated heterocycles. The average Bonchev–Trinajstić information content (AvgIpc) is 2.97. The van der Waals surface area contributed by atoms with Gasteiger partial charge < -0.3 is 10.2 Å². The first-order chi connectivity index (χ1) is 13.3. The zero-order valence-electron chi connectivity index (χ0n) is 16.0. The van der Waals surface area contributed by atoms with Crippen molar-refractivity contribution in [3.63, 3.8) is 0 Å². The molecule has 1 fully saturated rings. The van der Waals surface area contributed by atoms with E-state index in [0.29, 0.717) is 31.3 Å². The van der Waals surface area contributed by atoms with Crippen molar-refractivity contribution >= 4 is 39.9 Å². The number of hydrogen-bond acceptors (Lipinski definition) is 5. The quantitative estimate of drug-likeness (QED) is 0.817. The smallest absolute Gasteiger partial charge is 0.255 e. The third-order valence-electron chi connectivity index (χ3n) is 4.95. The van der Waals surface area contributed by atoms with Crippen molar-refractivity contribution in [2.75, 3.05) is 31.5 Å². The van der Waals surface area contributed by atoms with Crippen LogP contribution in [-0.4, -0.2) is 58.8 Å². The van der Waals surface area contributed by atoms with E-state index in [1.165, 1.54) is 23.5 Å². The molecule has 1 atom stereocenters. The Labute approximate surface area is 172 Å². The Bertz CT molecular complexity index is 877. The summed E-state index contributed by atoms with van der Waals surface area (Å²) in [6, 6.07) is 3.43. The van der Waals surface area contributed by atoms with E-state index in [2.05, 4.69) is 10.3 Å². The van der Waals surface area contributed by atoms with Crippen LogP contribution < -0.4 is 5.32 Å². The molecule has 1 aromatic heterocycles. The normalized spacial score (nSPS) is 16.1. The first-order valence-electron chi connectivity index (χ1n) is 8.99. The molecule has 3 rings (SSSR count). The molecule has 0 saturated carbocycles. The summed E-state index contributed by atoms with van der Waals surface area (Å²) in [7, 11) is 0. The molecule has 1 aliphatic rings. The van der Waals surface area contributed by atoms with Crippen molar-refractivity contribution in [1.29, 1.82) is 0 Å². The standard InChI is InChI=1S/C19H22ClFN4O2S/c1-11-13(3)28-19(22-11)23-17(26)12(2)24-6-8-25(9-7-24)18(27)15-5-4-14(21)10-16(15)20/h4-5,10,12H,6-9H2,1-3H3,(H,22,23,26). The number of thiazole rings is 1. The second-order valence-electron chi connectivity index (χ2n) is 6.78. The van der Waals surface area contributed by atoms with Gasteiger partial charge >= 0.3 is 0 Å². The molecule has 0 spiro atoms. The molecule has 1 aliphatic heterocycles. The van der Waals surface area contributed by atoms with E-state index in [1.807, 2.05) is 25.7 Å². The van der Waals surface area contributed by atoms with Gasteiger partial charge in [0, 0.05) is 31.1 Å². The van der Waals surface area contributed by atoms with E-state index in [0.717, 1.165) is 16.6 Å². The Kier molecular flexibility index (Phi) is 6.32. The third-order valence-corrected chi connectivity index (χ3v) is 6.25. The van der Waals surface area contributed by atoms with Crippen molar-refractivity contribution in [2.24, 2.45) is 0 Å². The zero-order valence-corrected chi connectivity index (χ0v) is 17.5. The van der Waals surface area contributed by atoms with Crippen LogP contribution in [0.5, 0.6) is 0 Å². The van der Waals surface area contributed by atoms with Gasteiger partial charge in [-0.2, -0.15) is 0 Å². The minimum Gasteiger partial charge on any atom is -0.336 e. The Morgan fingerprint density at radius 2 is 1.93 bits per heavy atom. The number of anilines is 1. The van der Waals surface area contributed by atoms with Gasteiger partial charge in [0.1, 0.15) is 5.82 Å². The summed E-state index contributed by atoms with van der Waals surface area (Å²) in [6.07, 6.45) is 0. The van der Waals surface area contributed by atoms with Gasteiger partial charge in [0.15, 0.2) is 5.13 Å². The fourth-order valence-corrected chi connectivity index (χ4v) is 4.11. The van der Waals surface area contributed by atoms with Gasteiger partial charge in [0.2, 0.25) is 5.91 Å². The molecule has 1 unspecified atom stereocenters. The first kappa shape index (κ1) is 20.7. The molecule has 0 bridgehead atoms. The second kappa shape index (κ2) is 8.55. The molecule has 0 aliphatic carbocycles. The summed E-state index contributed by atoms with van der Waals surface area (Å²) >= 11 is 7.46. The lowest BCUT2D eigenvalue weighted by atomic mass is 10.1. The minimum absolute atomic E-state index is 0.106. The van der Waals surface area contributed by atoms with Crippen LogP contribution in [0.25, 0.3) is 0 Å². The number of amides is 2. The Balaban J connectivity index is 1.56. The summed E-state index contributed by atoms with van der Waals surface area (Å²) in [5, 5.41) is 3.58. The molecular formula is C19H22ClFN4O2S. The van der Waals surface area contributed by atoms with Crippen molar-refractivity contribution in [3.8, 4) is 0 Å². The third kappa shape index (κ3) is 4.51. The number of halogens is 2. The van der Waals surface area contributed by atoms with Crippen LogP contribution in [0.3, 0.4) is 0 Å². The molecule has 9 heteroatoms. The monoisotopic (exact) mass is 424 g/mol. The molecule has 1 N–H and O–H groups in total. The van der Waals surface area contributed by atoms with Gasteiger partial charge in [-0.1, -0.05) is 11.6 Å². The van der Waals surface area contributed by atoms with E-state index in [1.54, 1.807) is 4.90 Å². The van der Waals surface area contributed by atoms with Gasteiger partial charge in [-0.05, 0) is 39.0 Å². The number of benzene rings is 1. The number of nitrogens with zero attached hydrogens (tertiary/aromatic N) is 3. The number of rotatable bonds is 4. The topological polar surface area (TPSA) is 65.5 Å². The molecule has 28 heavy (non-hydrogen) atoms. The average molecular weight is 425 g/mol. The minimum atomic E-state index is -0.475. The van der Waals surface area contributed by atoms with Gasteiger partial charge in [-0.3, -0.25) is 14.5 Å². The fourth-order valence-electron chi connectivity index (χ4n) is 3.05. The molecule has 1 aromatic carbocycles. The van der Waals surface area contributed by atoms with Crippen molar-refractivity contribution in [2.45, 2.75) is 26.8 Å². The summed E-state index contributed by atoms with van der Waals surface area (Å²) < 4.78 is 13.2. The lowest BCUT2D eigenvalue weighted by molar-refractivity contribution is -0.121. The summed E-state index contributed by atoms with van der Waals surface area (Å²) in [4.78, 5) is 34.3. The highest BCUT2D eigenvalue weighted by Gasteiger charge is 2.29. The second-order valence-corrected chi connectivity index (χ2v) is 8.39. The van der Waals surface area contributed by atoms with Crippen molar-refractivity contribution in [3.05, 3.63) is 45.2 Å². The Morgan fingerprint density at radius 1 is 1.25 bits per heavy atom. The highest BCUT2D eigenvalue weighted by molar-refractivity contribution is 7.15. The number of hydrogen-bond donors (Lipinski definition) is 1. The maximum absolute atomic E-state index is 13.2. The highest BCUT2D eigenvalue weighted by Crippen LogP contribution is 2.22. The number of aromatic nitrogens is 1. The molecular weight excluding hydrogens is 403 g/mol. The van der Waals surface area contributed by atoms with E-state index in [9.17, 15) is 14.0 Å². The van der Waals surface area contributed by atoms with Crippen LogP contribution in [0.15, 0.2) is 18.2 Å². The molecule has 2 aromatic rings. The molecule has 2 heterocycles. The van der Waals surface area contributed by atoms with E-state index in [-0.39, 0.29) is 28.4 Å². The van der Waals surface area contributed by atoms with Crippen LogP contribution in [0.2, 0.25) is 5.02 Å². The first-order valence-corrected chi connectivity index (χ1v) is 10.2. The maximum atomic E-state index is 13.2. The lowest BCUT2D eigenvalue weighted by Gasteiger charge is -2.37. The SMILES string of the molecule is Cc1nc(NC(=O)C(C)N2CCN(C(=O)c3ccc(F)cc3Cl)CC2)sc1C. The Hall–Kier alpha value is -2.03. The number of nitrogens with one attached hydrogen (secondary N) is 1. The number of piperazine rings is 1. The van der Waals surface area contributed by atoms with Gasteiger partial charge in [0.05, 0.1) is 22.3 Å². The fraction of sp³-hybridized carbons (Fsp3) is 0.421. The highest BCUT2D eigenvalue weighted by atomic mass is 35.5. The van der Waals surface area contributed by atoms with Crippen LogP contribution >= 0.6 is 22.9 Å². The van der Waals surface area contributed by atoms with Crippen LogP contribution in [0.4, 0.5) is 9.52 Å². The van der Waals surface area contributed by atoms with Gasteiger partial charge in [0.25, 0.3) is 5.91 Å². The zero-order chi connectivity index (χ0) is 20.4. The van der Waals surface area contributed by atoms with Crippen LogP contribution in [0.1, 0.15) is 27.9 Å². The molecule has 2 amide bonds. The van der Waals surface area contributed by atoms with E-state index >= 15 is 0 Å². The molecule has 150 valence electrons. The van der Waals surface area contributed by atoms with Gasteiger partial charge in [-0.25, -0.2) is 9.37 Å². The lowest BCUT2D eigenvalue weighted by Crippen LogP contribution is -2.54. The van der Waals surface area contributed by atoms with Crippen molar-refractivity contribution in [1.82, 2.24) is 14.8 Å². The number of carbonyl (C=O) groups excluding carboxylic acids is 2. The molecule has 0 radical (unpaired) electrons. The predicted molar refractivity (Wildman–Crippen MR) is 109 cm³/mol. The van der Waals surface area contributed by atoms with E-state index in [4.69, 9.17) is 11.6 Å². The summed E-state index contributed by atoms with van der Waals surface area (Å²) in [6.45, 7) is 7.80. The van der Waals surface area contributed by atoms with Crippen molar-refractivity contribution < 1.29 is 14.0 Å². The summed E-state index contributed by atoms with van der Waals surface area (Å²) in [5.41, 5.74) is 1.20. The van der Waals surface area contributed by atoms with Crippen LogP contribution in [0, 0.1) is 19.7 Å².